The molecule has 1 saturated heterocycles. The second-order valence-electron chi connectivity index (χ2n) is 5.03. The SMILES string of the molecule is COC[C@@H]1C[C@H](OC)CN1S(=O)(=O)c1ccc(C#N)cc1Cl. The van der Waals surface area contributed by atoms with Crippen molar-refractivity contribution in [2.45, 2.75) is 23.5 Å². The van der Waals surface area contributed by atoms with Crippen LogP contribution in [0.4, 0.5) is 0 Å². The fraction of sp³-hybridized carbons (Fsp3) is 0.500. The van der Waals surface area contributed by atoms with E-state index >= 15 is 0 Å². The maximum Gasteiger partial charge on any atom is 0.244 e. The van der Waals surface area contributed by atoms with Gasteiger partial charge in [-0.15, -0.1) is 0 Å². The van der Waals surface area contributed by atoms with Crippen molar-refractivity contribution in [3.8, 4) is 6.07 Å². The van der Waals surface area contributed by atoms with Gasteiger partial charge >= 0.3 is 0 Å². The first-order valence-electron chi connectivity index (χ1n) is 6.67. The predicted molar refractivity (Wildman–Crippen MR) is 81.1 cm³/mol. The highest BCUT2D eigenvalue weighted by Crippen LogP contribution is 2.31. The number of ether oxygens (including phenoxy) is 2. The van der Waals surface area contributed by atoms with Crippen LogP contribution in [0.3, 0.4) is 0 Å². The average Bonchev–Trinajstić information content (AvgIpc) is 2.91. The number of nitrogens with zero attached hydrogens (tertiary/aromatic N) is 2. The summed E-state index contributed by atoms with van der Waals surface area (Å²) in [6.07, 6.45) is 0.393. The van der Waals surface area contributed by atoms with Crippen molar-refractivity contribution in [1.82, 2.24) is 4.31 Å². The topological polar surface area (TPSA) is 79.6 Å². The quantitative estimate of drug-likeness (QED) is 0.811. The summed E-state index contributed by atoms with van der Waals surface area (Å²) < 4.78 is 37.4. The number of halogens is 1. The summed E-state index contributed by atoms with van der Waals surface area (Å²) in [5.41, 5.74) is 0.314. The van der Waals surface area contributed by atoms with Crippen molar-refractivity contribution in [1.29, 1.82) is 5.26 Å². The zero-order chi connectivity index (χ0) is 16.3. The van der Waals surface area contributed by atoms with Gasteiger partial charge in [-0.2, -0.15) is 9.57 Å². The molecule has 0 amide bonds. The zero-order valence-corrected chi connectivity index (χ0v) is 13.9. The molecule has 2 rings (SSSR count). The van der Waals surface area contributed by atoms with Crippen LogP contribution in [-0.2, 0) is 19.5 Å². The molecular formula is C14H17ClN2O4S. The smallest absolute Gasteiger partial charge is 0.244 e. The van der Waals surface area contributed by atoms with E-state index in [1.165, 1.54) is 29.6 Å². The lowest BCUT2D eigenvalue weighted by Gasteiger charge is -2.23. The van der Waals surface area contributed by atoms with E-state index in [0.29, 0.717) is 12.0 Å². The average molecular weight is 345 g/mol. The fourth-order valence-corrected chi connectivity index (χ4v) is 4.73. The largest absolute Gasteiger partial charge is 0.383 e. The van der Waals surface area contributed by atoms with Gasteiger partial charge in [-0.3, -0.25) is 0 Å². The second-order valence-corrected chi connectivity index (χ2v) is 7.30. The van der Waals surface area contributed by atoms with Gasteiger partial charge in [0.05, 0.1) is 35.4 Å². The van der Waals surface area contributed by atoms with Gasteiger partial charge in [0.15, 0.2) is 0 Å². The molecule has 6 nitrogen and oxygen atoms in total. The molecular weight excluding hydrogens is 328 g/mol. The fourth-order valence-electron chi connectivity index (χ4n) is 2.56. The molecule has 1 aromatic carbocycles. The van der Waals surface area contributed by atoms with Crippen LogP contribution < -0.4 is 0 Å². The number of rotatable bonds is 5. The van der Waals surface area contributed by atoms with E-state index < -0.39 is 10.0 Å². The van der Waals surface area contributed by atoms with E-state index in [1.54, 1.807) is 7.11 Å². The summed E-state index contributed by atoms with van der Waals surface area (Å²) in [6, 6.07) is 5.78. The van der Waals surface area contributed by atoms with Crippen LogP contribution in [0.1, 0.15) is 12.0 Å². The van der Waals surface area contributed by atoms with Gasteiger partial charge < -0.3 is 9.47 Å². The van der Waals surface area contributed by atoms with Gasteiger partial charge in [-0.05, 0) is 24.6 Å². The third-order valence-electron chi connectivity index (χ3n) is 3.67. The van der Waals surface area contributed by atoms with E-state index in [2.05, 4.69) is 0 Å². The lowest BCUT2D eigenvalue weighted by molar-refractivity contribution is 0.110. The molecule has 22 heavy (non-hydrogen) atoms. The molecule has 1 aliphatic heterocycles. The number of methoxy groups -OCH3 is 2. The second kappa shape index (κ2) is 6.94. The minimum absolute atomic E-state index is 0.00831. The van der Waals surface area contributed by atoms with Gasteiger partial charge in [0.1, 0.15) is 4.90 Å². The first kappa shape index (κ1) is 17.2. The highest BCUT2D eigenvalue weighted by Gasteiger charge is 2.41. The van der Waals surface area contributed by atoms with Gasteiger partial charge in [-0.25, -0.2) is 8.42 Å². The monoisotopic (exact) mass is 344 g/mol. The van der Waals surface area contributed by atoms with E-state index in [4.69, 9.17) is 26.3 Å². The maximum absolute atomic E-state index is 12.8. The number of hydrogen-bond donors (Lipinski definition) is 0. The van der Waals surface area contributed by atoms with Crippen LogP contribution in [0.15, 0.2) is 23.1 Å². The molecule has 0 aromatic heterocycles. The summed E-state index contributed by atoms with van der Waals surface area (Å²) >= 11 is 6.05. The van der Waals surface area contributed by atoms with E-state index in [0.717, 1.165) is 0 Å². The number of nitriles is 1. The summed E-state index contributed by atoms with van der Waals surface area (Å²) in [5, 5.41) is 8.88. The van der Waals surface area contributed by atoms with E-state index in [1.807, 2.05) is 6.07 Å². The lowest BCUT2D eigenvalue weighted by Crippen LogP contribution is -2.38. The van der Waals surface area contributed by atoms with Crippen molar-refractivity contribution in [3.05, 3.63) is 28.8 Å². The number of benzene rings is 1. The van der Waals surface area contributed by atoms with E-state index in [9.17, 15) is 8.42 Å². The van der Waals surface area contributed by atoms with Gasteiger partial charge in [0.2, 0.25) is 10.0 Å². The third kappa shape index (κ3) is 3.26. The van der Waals surface area contributed by atoms with Crippen molar-refractivity contribution in [3.63, 3.8) is 0 Å². The van der Waals surface area contributed by atoms with E-state index in [-0.39, 0.29) is 35.2 Å². The summed E-state index contributed by atoms with van der Waals surface area (Å²) in [6.45, 7) is 0.538. The highest BCUT2D eigenvalue weighted by molar-refractivity contribution is 7.89. The van der Waals surface area contributed by atoms with Gasteiger partial charge in [0, 0.05) is 20.8 Å². The van der Waals surface area contributed by atoms with Crippen LogP contribution in [0, 0.1) is 11.3 Å². The van der Waals surface area contributed by atoms with Crippen molar-refractivity contribution in [2.24, 2.45) is 0 Å². The lowest BCUT2D eigenvalue weighted by atomic mass is 10.2. The molecule has 1 aliphatic rings. The van der Waals surface area contributed by atoms with Crippen LogP contribution in [0.2, 0.25) is 5.02 Å². The molecule has 0 saturated carbocycles. The molecule has 0 spiro atoms. The molecule has 2 atom stereocenters. The van der Waals surface area contributed by atoms with Crippen LogP contribution in [0.5, 0.6) is 0 Å². The Labute approximate surface area is 135 Å². The highest BCUT2D eigenvalue weighted by atomic mass is 35.5. The minimum Gasteiger partial charge on any atom is -0.383 e. The Balaban J connectivity index is 2.38. The molecule has 0 aliphatic carbocycles. The van der Waals surface area contributed by atoms with Crippen LogP contribution >= 0.6 is 11.6 Å². The first-order chi connectivity index (χ1) is 10.4. The summed E-state index contributed by atoms with van der Waals surface area (Å²) in [7, 11) is -0.694. The third-order valence-corrected chi connectivity index (χ3v) is 6.07. The summed E-state index contributed by atoms with van der Waals surface area (Å²) in [5.74, 6) is 0. The molecule has 120 valence electrons. The number of hydrogen-bond acceptors (Lipinski definition) is 5. The van der Waals surface area contributed by atoms with Gasteiger partial charge in [0.25, 0.3) is 0 Å². The Hall–Kier alpha value is -1.17. The minimum atomic E-state index is -3.78. The van der Waals surface area contributed by atoms with Crippen LogP contribution in [0.25, 0.3) is 0 Å². The molecule has 8 heteroatoms. The standard InChI is InChI=1S/C14H17ClN2O4S/c1-20-9-11-6-12(21-2)8-17(11)22(18,19)14-4-3-10(7-16)5-13(14)15/h3-5,11-12H,6,8-9H2,1-2H3/t11-,12-/m0/s1. The van der Waals surface area contributed by atoms with Crippen molar-refractivity contribution >= 4 is 21.6 Å². The molecule has 0 radical (unpaired) electrons. The predicted octanol–water partition coefficient (Wildman–Crippen LogP) is 1.64. The maximum atomic E-state index is 12.8. The molecule has 1 aromatic rings. The van der Waals surface area contributed by atoms with Crippen LogP contribution in [-0.4, -0.2) is 52.2 Å². The zero-order valence-electron chi connectivity index (χ0n) is 12.3. The Morgan fingerprint density at radius 3 is 2.73 bits per heavy atom. The Bertz CT molecular complexity index is 687. The molecule has 1 fully saturated rings. The van der Waals surface area contributed by atoms with Crippen molar-refractivity contribution < 1.29 is 17.9 Å². The Morgan fingerprint density at radius 2 is 2.18 bits per heavy atom. The normalized spacial score (nSPS) is 22.6. The summed E-state index contributed by atoms with van der Waals surface area (Å²) in [4.78, 5) is -0.00831. The van der Waals surface area contributed by atoms with Crippen molar-refractivity contribution in [2.75, 3.05) is 27.4 Å². The Kier molecular flexibility index (Phi) is 5.42. The number of sulfonamides is 1. The Morgan fingerprint density at radius 1 is 1.45 bits per heavy atom. The van der Waals surface area contributed by atoms with Gasteiger partial charge in [-0.1, -0.05) is 11.6 Å². The first-order valence-corrected chi connectivity index (χ1v) is 8.49. The molecule has 0 bridgehead atoms. The molecule has 0 N–H and O–H groups in total. The molecule has 1 heterocycles. The molecule has 0 unspecified atom stereocenters.